The van der Waals surface area contributed by atoms with E-state index in [1.807, 2.05) is 0 Å². The minimum atomic E-state index is -1.08. The van der Waals surface area contributed by atoms with Gasteiger partial charge < -0.3 is 10.3 Å². The van der Waals surface area contributed by atoms with Gasteiger partial charge in [-0.3, -0.25) is 4.79 Å². The van der Waals surface area contributed by atoms with Crippen LogP contribution in [-0.4, -0.2) is 22.0 Å². The average Bonchev–Trinajstić information content (AvgIpc) is 2.49. The second kappa shape index (κ2) is 6.80. The van der Waals surface area contributed by atoms with E-state index in [-0.39, 0.29) is 29.7 Å². The number of hydrogen-bond acceptors (Lipinski definition) is 3. The van der Waals surface area contributed by atoms with Gasteiger partial charge in [-0.25, -0.2) is 8.78 Å². The lowest BCUT2D eigenvalue weighted by atomic mass is 9.99. The van der Waals surface area contributed by atoms with E-state index in [4.69, 9.17) is 10.3 Å². The molecule has 0 aliphatic heterocycles. The van der Waals surface area contributed by atoms with Crippen molar-refractivity contribution in [3.8, 4) is 11.1 Å². The number of carboxylic acid groups (broad SMARTS) is 1. The maximum atomic E-state index is 14.2. The summed E-state index contributed by atoms with van der Waals surface area (Å²) in [5.74, 6) is -2.26. The predicted molar refractivity (Wildman–Crippen MR) is 77.0 cm³/mol. The standard InChI is InChI=1S/C16H13F2NO3/c17-13-4-2-1-3-11(13)10-5-6-12(14(18)9-10)15(19-22)7-8-16(20)21/h1-6,9,22H,7-8H2,(H,20,21)/b19-15+. The summed E-state index contributed by atoms with van der Waals surface area (Å²) in [4.78, 5) is 10.5. The third-order valence-corrected chi connectivity index (χ3v) is 3.16. The fourth-order valence-corrected chi connectivity index (χ4v) is 2.08. The van der Waals surface area contributed by atoms with E-state index in [0.717, 1.165) is 6.07 Å². The van der Waals surface area contributed by atoms with Gasteiger partial charge in [0, 0.05) is 17.5 Å². The molecule has 6 heteroatoms. The Kier molecular flexibility index (Phi) is 4.83. The molecule has 0 aliphatic rings. The zero-order valence-corrected chi connectivity index (χ0v) is 11.5. The molecule has 0 aliphatic carbocycles. The first-order valence-electron chi connectivity index (χ1n) is 6.50. The Bertz CT molecular complexity index is 729. The zero-order chi connectivity index (χ0) is 16.1. The van der Waals surface area contributed by atoms with E-state index in [9.17, 15) is 13.6 Å². The molecule has 0 saturated heterocycles. The molecular weight excluding hydrogens is 292 g/mol. The van der Waals surface area contributed by atoms with E-state index in [2.05, 4.69) is 5.16 Å². The minimum absolute atomic E-state index is 0.0103. The van der Waals surface area contributed by atoms with Crippen LogP contribution >= 0.6 is 0 Å². The van der Waals surface area contributed by atoms with Gasteiger partial charge in [-0.2, -0.15) is 0 Å². The highest BCUT2D eigenvalue weighted by atomic mass is 19.1. The Hall–Kier alpha value is -2.76. The molecule has 2 aromatic rings. The maximum absolute atomic E-state index is 14.2. The summed E-state index contributed by atoms with van der Waals surface area (Å²) in [5.41, 5.74) is 0.514. The molecule has 0 bridgehead atoms. The number of rotatable bonds is 5. The van der Waals surface area contributed by atoms with Crippen LogP contribution in [0.2, 0.25) is 0 Å². The molecule has 0 unspecified atom stereocenters. The first-order chi connectivity index (χ1) is 10.5. The average molecular weight is 305 g/mol. The summed E-state index contributed by atoms with van der Waals surface area (Å²) in [6.07, 6.45) is -0.393. The Morgan fingerprint density at radius 2 is 1.77 bits per heavy atom. The molecule has 2 N–H and O–H groups in total. The summed E-state index contributed by atoms with van der Waals surface area (Å²) in [7, 11) is 0. The van der Waals surface area contributed by atoms with Crippen molar-refractivity contribution >= 4 is 11.7 Å². The van der Waals surface area contributed by atoms with E-state index in [0.29, 0.717) is 5.56 Å². The summed E-state index contributed by atoms with van der Waals surface area (Å²) >= 11 is 0. The number of aliphatic carboxylic acids is 1. The normalized spacial score (nSPS) is 11.5. The van der Waals surface area contributed by atoms with Crippen LogP contribution in [0.3, 0.4) is 0 Å². The first kappa shape index (κ1) is 15.6. The van der Waals surface area contributed by atoms with Crippen molar-refractivity contribution in [1.29, 1.82) is 0 Å². The van der Waals surface area contributed by atoms with Gasteiger partial charge in [-0.1, -0.05) is 29.4 Å². The lowest BCUT2D eigenvalue weighted by molar-refractivity contribution is -0.136. The zero-order valence-electron chi connectivity index (χ0n) is 11.5. The molecule has 22 heavy (non-hydrogen) atoms. The van der Waals surface area contributed by atoms with Gasteiger partial charge in [-0.15, -0.1) is 0 Å². The number of halogens is 2. The molecule has 0 spiro atoms. The molecule has 2 rings (SSSR count). The summed E-state index contributed by atoms with van der Waals surface area (Å²) in [6, 6.07) is 9.92. The number of oxime groups is 1. The van der Waals surface area contributed by atoms with Gasteiger partial charge in [0.25, 0.3) is 0 Å². The highest BCUT2D eigenvalue weighted by Gasteiger charge is 2.14. The molecule has 4 nitrogen and oxygen atoms in total. The van der Waals surface area contributed by atoms with E-state index >= 15 is 0 Å². The first-order valence-corrected chi connectivity index (χ1v) is 6.50. The van der Waals surface area contributed by atoms with Gasteiger partial charge in [-0.05, 0) is 23.8 Å². The third-order valence-electron chi connectivity index (χ3n) is 3.16. The van der Waals surface area contributed by atoms with Gasteiger partial charge in [0.1, 0.15) is 11.6 Å². The number of nitrogens with zero attached hydrogens (tertiary/aromatic N) is 1. The van der Waals surface area contributed by atoms with E-state index in [1.165, 1.54) is 30.3 Å². The van der Waals surface area contributed by atoms with Gasteiger partial charge in [0.05, 0.1) is 12.1 Å². The molecule has 0 heterocycles. The van der Waals surface area contributed by atoms with Crippen LogP contribution < -0.4 is 0 Å². The second-order valence-electron chi connectivity index (χ2n) is 4.61. The smallest absolute Gasteiger partial charge is 0.303 e. The molecule has 0 saturated carbocycles. The Morgan fingerprint density at radius 1 is 1.05 bits per heavy atom. The predicted octanol–water partition coefficient (Wildman–Crippen LogP) is 3.67. The molecule has 0 atom stereocenters. The Labute approximate surface area is 125 Å². The number of benzene rings is 2. The van der Waals surface area contributed by atoms with Crippen molar-refractivity contribution in [1.82, 2.24) is 0 Å². The van der Waals surface area contributed by atoms with Crippen LogP contribution in [0, 0.1) is 11.6 Å². The van der Waals surface area contributed by atoms with Gasteiger partial charge in [0.15, 0.2) is 0 Å². The fourth-order valence-electron chi connectivity index (χ4n) is 2.08. The molecule has 0 fully saturated rings. The summed E-state index contributed by atoms with van der Waals surface area (Å²) < 4.78 is 27.9. The molecular formula is C16H13F2NO3. The van der Waals surface area contributed by atoms with E-state index in [1.54, 1.807) is 6.07 Å². The number of carboxylic acids is 1. The lowest BCUT2D eigenvalue weighted by Gasteiger charge is -2.08. The van der Waals surface area contributed by atoms with E-state index < -0.39 is 17.6 Å². The maximum Gasteiger partial charge on any atom is 0.303 e. The topological polar surface area (TPSA) is 69.9 Å². The molecule has 0 aromatic heterocycles. The van der Waals surface area contributed by atoms with Crippen LogP contribution in [0.4, 0.5) is 8.78 Å². The highest BCUT2D eigenvalue weighted by Crippen LogP contribution is 2.25. The van der Waals surface area contributed by atoms with Crippen molar-refractivity contribution in [2.45, 2.75) is 12.8 Å². The number of carbonyl (C=O) groups is 1. The quantitative estimate of drug-likeness (QED) is 0.503. The van der Waals surface area contributed by atoms with Crippen LogP contribution in [-0.2, 0) is 4.79 Å². The summed E-state index contributed by atoms with van der Waals surface area (Å²) in [5, 5.41) is 20.5. The Morgan fingerprint density at radius 3 is 2.36 bits per heavy atom. The van der Waals surface area contributed by atoms with Crippen LogP contribution in [0.15, 0.2) is 47.6 Å². The molecule has 0 amide bonds. The van der Waals surface area contributed by atoms with Crippen molar-refractivity contribution in [2.75, 3.05) is 0 Å². The highest BCUT2D eigenvalue weighted by molar-refractivity contribution is 6.01. The molecule has 114 valence electrons. The van der Waals surface area contributed by atoms with Crippen molar-refractivity contribution in [2.24, 2.45) is 5.16 Å². The fraction of sp³-hybridized carbons (Fsp3) is 0.125. The lowest BCUT2D eigenvalue weighted by Crippen LogP contribution is -2.07. The van der Waals surface area contributed by atoms with Crippen LogP contribution in [0.5, 0.6) is 0 Å². The summed E-state index contributed by atoms with van der Waals surface area (Å²) in [6.45, 7) is 0. The molecule has 2 aromatic carbocycles. The minimum Gasteiger partial charge on any atom is -0.481 e. The SMILES string of the molecule is O=C(O)CC/C(=N\O)c1ccc(-c2ccccc2F)cc1F. The van der Waals surface area contributed by atoms with Crippen molar-refractivity contribution < 1.29 is 23.9 Å². The Balaban J connectivity index is 2.34. The van der Waals surface area contributed by atoms with Crippen LogP contribution in [0.1, 0.15) is 18.4 Å². The van der Waals surface area contributed by atoms with Crippen molar-refractivity contribution in [3.63, 3.8) is 0 Å². The monoisotopic (exact) mass is 305 g/mol. The van der Waals surface area contributed by atoms with Crippen LogP contribution in [0.25, 0.3) is 11.1 Å². The van der Waals surface area contributed by atoms with Gasteiger partial charge >= 0.3 is 5.97 Å². The van der Waals surface area contributed by atoms with Gasteiger partial charge in [0.2, 0.25) is 0 Å². The number of hydrogen-bond donors (Lipinski definition) is 2. The molecule has 0 radical (unpaired) electrons. The third kappa shape index (κ3) is 3.46. The second-order valence-corrected chi connectivity index (χ2v) is 4.61. The largest absolute Gasteiger partial charge is 0.481 e. The van der Waals surface area contributed by atoms with Crippen molar-refractivity contribution in [3.05, 3.63) is 59.7 Å².